The number of amides is 1. The highest BCUT2D eigenvalue weighted by molar-refractivity contribution is 7.94. The van der Waals surface area contributed by atoms with E-state index >= 15 is 0 Å². The molecule has 0 saturated carbocycles. The molecule has 0 fully saturated rings. The number of carbonyl (C=O) groups is 1. The van der Waals surface area contributed by atoms with Crippen LogP contribution in [0.4, 0.5) is 5.69 Å². The van der Waals surface area contributed by atoms with Crippen LogP contribution in [0, 0.1) is 0 Å². The number of halogens is 1. The number of hydrogen-bond acceptors (Lipinski definition) is 5. The van der Waals surface area contributed by atoms with Crippen LogP contribution in [0.25, 0.3) is 0 Å². The van der Waals surface area contributed by atoms with Gasteiger partial charge in [-0.25, -0.2) is 13.4 Å². The van der Waals surface area contributed by atoms with Gasteiger partial charge in [0, 0.05) is 18.3 Å². The quantitative estimate of drug-likeness (QED) is 0.896. The van der Waals surface area contributed by atoms with E-state index in [9.17, 15) is 13.2 Å². The number of nitrogens with one attached hydrogen (secondary N) is 2. The van der Waals surface area contributed by atoms with Crippen molar-refractivity contribution in [3.05, 3.63) is 40.5 Å². The fraction of sp³-hybridized carbons (Fsp3) is 0.0909. The smallest absolute Gasteiger partial charge is 0.273 e. The number of benzene rings is 1. The molecule has 0 bridgehead atoms. The third-order valence-corrected chi connectivity index (χ3v) is 5.30. The Morgan fingerprint density at radius 3 is 2.45 bits per heavy atom. The third kappa shape index (κ3) is 3.27. The van der Waals surface area contributed by atoms with Crippen LogP contribution in [0.1, 0.15) is 10.4 Å². The summed E-state index contributed by atoms with van der Waals surface area (Å²) in [7, 11) is -2.19. The van der Waals surface area contributed by atoms with Crippen molar-refractivity contribution in [2.75, 3.05) is 11.8 Å². The molecular formula is C11H10ClN3O3S2. The highest BCUT2D eigenvalue weighted by atomic mass is 35.5. The Kier molecular flexibility index (Phi) is 4.26. The van der Waals surface area contributed by atoms with Gasteiger partial charge >= 0.3 is 0 Å². The summed E-state index contributed by atoms with van der Waals surface area (Å²) in [6.45, 7) is 0. The van der Waals surface area contributed by atoms with Gasteiger partial charge in [-0.2, -0.15) is 0 Å². The Hall–Kier alpha value is -1.64. The summed E-state index contributed by atoms with van der Waals surface area (Å²) in [5.74, 6) is -0.242. The molecule has 1 heterocycles. The van der Waals surface area contributed by atoms with E-state index in [2.05, 4.69) is 15.0 Å². The lowest BCUT2D eigenvalue weighted by Crippen LogP contribution is -2.17. The van der Waals surface area contributed by atoms with Crippen LogP contribution in [0.5, 0.6) is 0 Å². The second-order valence-corrected chi connectivity index (χ2v) is 7.22. The summed E-state index contributed by atoms with van der Waals surface area (Å²) in [6, 6.07) is 6.06. The van der Waals surface area contributed by atoms with Crippen LogP contribution in [0.2, 0.25) is 4.47 Å². The standard InChI is InChI=1S/C11H10ClN3O3S2/c1-13-10(16)7-2-4-8(5-3-7)15-20(17,18)9-6-14-11(12)19-9/h2-6,15H,1H3,(H,13,16). The molecule has 0 atom stereocenters. The molecule has 2 aromatic rings. The van der Waals surface area contributed by atoms with Crippen LogP contribution in [-0.2, 0) is 10.0 Å². The number of carbonyl (C=O) groups excluding carboxylic acids is 1. The van der Waals surface area contributed by atoms with Crippen molar-refractivity contribution in [1.29, 1.82) is 0 Å². The SMILES string of the molecule is CNC(=O)c1ccc(NS(=O)(=O)c2cnc(Cl)s2)cc1. The van der Waals surface area contributed by atoms with Crippen molar-refractivity contribution in [3.8, 4) is 0 Å². The first-order valence-corrected chi connectivity index (χ1v) is 8.06. The van der Waals surface area contributed by atoms with Crippen molar-refractivity contribution >= 4 is 44.6 Å². The minimum Gasteiger partial charge on any atom is -0.355 e. The number of anilines is 1. The molecule has 0 aliphatic rings. The van der Waals surface area contributed by atoms with E-state index in [1.165, 1.54) is 37.5 Å². The van der Waals surface area contributed by atoms with Crippen molar-refractivity contribution in [2.24, 2.45) is 0 Å². The fourth-order valence-electron chi connectivity index (χ4n) is 1.40. The second-order valence-electron chi connectivity index (χ2n) is 3.69. The molecule has 0 radical (unpaired) electrons. The summed E-state index contributed by atoms with van der Waals surface area (Å²) in [5.41, 5.74) is 0.790. The Balaban J connectivity index is 2.20. The van der Waals surface area contributed by atoms with Crippen LogP contribution >= 0.6 is 22.9 Å². The minimum absolute atomic E-state index is 0.0258. The highest BCUT2D eigenvalue weighted by Crippen LogP contribution is 2.24. The number of nitrogens with zero attached hydrogens (tertiary/aromatic N) is 1. The lowest BCUT2D eigenvalue weighted by Gasteiger charge is -2.06. The lowest BCUT2D eigenvalue weighted by molar-refractivity contribution is 0.0963. The first kappa shape index (κ1) is 14.8. The molecule has 0 saturated heterocycles. The van der Waals surface area contributed by atoms with Crippen molar-refractivity contribution in [2.45, 2.75) is 4.21 Å². The average Bonchev–Trinajstić information content (AvgIpc) is 2.86. The van der Waals surface area contributed by atoms with Gasteiger partial charge < -0.3 is 5.32 Å². The Bertz CT molecular complexity index is 726. The molecule has 6 nitrogen and oxygen atoms in total. The van der Waals surface area contributed by atoms with Crippen molar-refractivity contribution in [1.82, 2.24) is 10.3 Å². The van der Waals surface area contributed by atoms with Crippen molar-refractivity contribution in [3.63, 3.8) is 0 Å². The molecule has 20 heavy (non-hydrogen) atoms. The number of rotatable bonds is 4. The Morgan fingerprint density at radius 1 is 1.30 bits per heavy atom. The first-order chi connectivity index (χ1) is 9.42. The van der Waals surface area contributed by atoms with Crippen LogP contribution in [0.3, 0.4) is 0 Å². The molecule has 2 rings (SSSR count). The molecule has 1 aromatic heterocycles. The average molecular weight is 332 g/mol. The van der Waals surface area contributed by atoms with Gasteiger partial charge in [-0.15, -0.1) is 0 Å². The molecule has 9 heteroatoms. The molecule has 1 amide bonds. The maximum atomic E-state index is 12.0. The largest absolute Gasteiger partial charge is 0.355 e. The summed E-state index contributed by atoms with van der Waals surface area (Å²) >= 11 is 6.48. The molecule has 0 spiro atoms. The Morgan fingerprint density at radius 2 is 1.95 bits per heavy atom. The van der Waals surface area contributed by atoms with Gasteiger partial charge in [-0.3, -0.25) is 9.52 Å². The second kappa shape index (κ2) is 5.78. The van der Waals surface area contributed by atoms with Gasteiger partial charge in [0.05, 0.1) is 6.20 Å². The summed E-state index contributed by atoms with van der Waals surface area (Å²) in [4.78, 5) is 15.0. The van der Waals surface area contributed by atoms with E-state index in [0.717, 1.165) is 11.3 Å². The summed E-state index contributed by atoms with van der Waals surface area (Å²) in [5, 5.41) is 2.48. The van der Waals surface area contributed by atoms with E-state index in [0.29, 0.717) is 11.3 Å². The zero-order valence-electron chi connectivity index (χ0n) is 10.3. The van der Waals surface area contributed by atoms with E-state index in [1.54, 1.807) is 0 Å². The summed E-state index contributed by atoms with van der Waals surface area (Å²) in [6.07, 6.45) is 1.19. The first-order valence-electron chi connectivity index (χ1n) is 5.38. The molecule has 106 valence electrons. The monoisotopic (exact) mass is 331 g/mol. The van der Waals surface area contributed by atoms with E-state index in [1.807, 2.05) is 0 Å². The zero-order chi connectivity index (χ0) is 14.8. The van der Waals surface area contributed by atoms with Crippen LogP contribution in [-0.4, -0.2) is 26.4 Å². The number of aromatic nitrogens is 1. The summed E-state index contributed by atoms with van der Waals surface area (Å²) < 4.78 is 26.6. The molecule has 1 aromatic carbocycles. The molecule has 2 N–H and O–H groups in total. The van der Waals surface area contributed by atoms with Crippen LogP contribution < -0.4 is 10.0 Å². The predicted molar refractivity (Wildman–Crippen MR) is 77.8 cm³/mol. The molecule has 0 aliphatic heterocycles. The fourth-order valence-corrected chi connectivity index (χ4v) is 3.75. The van der Waals surface area contributed by atoms with E-state index in [4.69, 9.17) is 11.6 Å². The van der Waals surface area contributed by atoms with Gasteiger partial charge in [0.2, 0.25) is 0 Å². The normalized spacial score (nSPS) is 11.1. The van der Waals surface area contributed by atoms with Crippen LogP contribution in [0.15, 0.2) is 34.7 Å². The predicted octanol–water partition coefficient (Wildman–Crippen LogP) is 1.96. The van der Waals surface area contributed by atoms with Gasteiger partial charge in [-0.05, 0) is 24.3 Å². The van der Waals surface area contributed by atoms with Gasteiger partial charge in [-0.1, -0.05) is 22.9 Å². The molecular weight excluding hydrogens is 322 g/mol. The minimum atomic E-state index is -3.71. The van der Waals surface area contributed by atoms with Gasteiger partial charge in [0.15, 0.2) is 8.68 Å². The third-order valence-electron chi connectivity index (χ3n) is 2.35. The Labute approximate surface area is 124 Å². The number of sulfonamides is 1. The number of thiazole rings is 1. The van der Waals surface area contributed by atoms with Crippen molar-refractivity contribution < 1.29 is 13.2 Å². The maximum Gasteiger partial charge on any atom is 0.273 e. The molecule has 0 unspecified atom stereocenters. The highest BCUT2D eigenvalue weighted by Gasteiger charge is 2.17. The van der Waals surface area contributed by atoms with E-state index in [-0.39, 0.29) is 14.6 Å². The topological polar surface area (TPSA) is 88.2 Å². The number of hydrogen-bond donors (Lipinski definition) is 2. The molecule has 0 aliphatic carbocycles. The zero-order valence-corrected chi connectivity index (χ0v) is 12.6. The van der Waals surface area contributed by atoms with Gasteiger partial charge in [0.25, 0.3) is 15.9 Å². The lowest BCUT2D eigenvalue weighted by atomic mass is 10.2. The van der Waals surface area contributed by atoms with E-state index < -0.39 is 10.0 Å². The van der Waals surface area contributed by atoms with Gasteiger partial charge in [0.1, 0.15) is 0 Å². The maximum absolute atomic E-state index is 12.0.